The number of carbonyl (C=O) groups excluding carboxylic acids is 2. The molecule has 3 N–H and O–H groups in total. The molecule has 194 valence electrons. The summed E-state index contributed by atoms with van der Waals surface area (Å²) in [5.41, 5.74) is 1.49. The van der Waals surface area contributed by atoms with Gasteiger partial charge < -0.3 is 25.4 Å². The molecular weight excluding hydrogens is 496 g/mol. The fourth-order valence-electron chi connectivity index (χ4n) is 3.29. The molecule has 0 atom stereocenters. The van der Waals surface area contributed by atoms with Crippen molar-refractivity contribution in [2.24, 2.45) is 0 Å². The molecular formula is C27H23F2N5O4. The van der Waals surface area contributed by atoms with Crippen LogP contribution < -0.4 is 25.4 Å². The Balaban J connectivity index is 1.30. The highest BCUT2D eigenvalue weighted by molar-refractivity contribution is 6.08. The van der Waals surface area contributed by atoms with Gasteiger partial charge in [0.1, 0.15) is 30.1 Å². The van der Waals surface area contributed by atoms with Crippen molar-refractivity contribution in [2.75, 3.05) is 23.1 Å². The van der Waals surface area contributed by atoms with Crippen LogP contribution in [0.1, 0.15) is 12.0 Å². The van der Waals surface area contributed by atoms with Gasteiger partial charge in [0.25, 0.3) is 0 Å². The molecule has 38 heavy (non-hydrogen) atoms. The monoisotopic (exact) mass is 519 g/mol. The summed E-state index contributed by atoms with van der Waals surface area (Å²) in [6.45, 7) is 0.491. The van der Waals surface area contributed by atoms with Gasteiger partial charge >= 0.3 is 0 Å². The Hall–Kier alpha value is -5.06. The first-order valence-corrected chi connectivity index (χ1v) is 11.4. The largest absolute Gasteiger partial charge is 0.497 e. The van der Waals surface area contributed by atoms with Crippen molar-refractivity contribution in [2.45, 2.75) is 13.0 Å². The van der Waals surface area contributed by atoms with Crippen LogP contribution in [0.2, 0.25) is 0 Å². The number of hydrogen-bond acceptors (Lipinski definition) is 7. The molecule has 0 spiro atoms. The molecule has 11 heteroatoms. The van der Waals surface area contributed by atoms with E-state index in [4.69, 9.17) is 9.47 Å². The number of anilines is 3. The van der Waals surface area contributed by atoms with E-state index in [-0.39, 0.29) is 17.3 Å². The summed E-state index contributed by atoms with van der Waals surface area (Å²) in [6, 6.07) is 18.0. The van der Waals surface area contributed by atoms with Gasteiger partial charge in [0.2, 0.25) is 17.7 Å². The first-order valence-electron chi connectivity index (χ1n) is 11.4. The Morgan fingerprint density at radius 1 is 0.842 bits per heavy atom. The summed E-state index contributed by atoms with van der Waals surface area (Å²) in [6.07, 6.45) is 0.777. The van der Waals surface area contributed by atoms with Crippen molar-refractivity contribution in [3.8, 4) is 17.4 Å². The third-order valence-corrected chi connectivity index (χ3v) is 5.15. The van der Waals surface area contributed by atoms with Crippen molar-refractivity contribution < 1.29 is 27.8 Å². The second-order valence-corrected chi connectivity index (χ2v) is 7.97. The van der Waals surface area contributed by atoms with Gasteiger partial charge in [0.05, 0.1) is 7.11 Å². The molecule has 1 aromatic heterocycles. The second-order valence-electron chi connectivity index (χ2n) is 7.97. The molecule has 0 aliphatic rings. The maximum atomic E-state index is 14.6. The van der Waals surface area contributed by atoms with Crippen LogP contribution in [0, 0.1) is 11.6 Å². The molecule has 0 radical (unpaired) electrons. The van der Waals surface area contributed by atoms with Crippen LogP contribution in [0.25, 0.3) is 0 Å². The molecule has 3 aromatic carbocycles. The minimum atomic E-state index is -0.745. The fraction of sp³-hybridized carbons (Fsp3) is 0.111. The van der Waals surface area contributed by atoms with Crippen LogP contribution in [0.15, 0.2) is 79.1 Å². The molecule has 1 heterocycles. The highest BCUT2D eigenvalue weighted by Crippen LogP contribution is 2.26. The SMILES string of the molecule is COc1ccc(CNc2cc(Oc3ccc(NC(=O)CC(=O)Nc4ccc(F)cc4)cc3F)ncn2)cc1. The zero-order chi connectivity index (χ0) is 26.9. The number of rotatable bonds is 10. The van der Waals surface area contributed by atoms with E-state index < -0.39 is 29.9 Å². The number of nitrogens with zero attached hydrogens (tertiary/aromatic N) is 2. The Labute approximate surface area is 216 Å². The summed E-state index contributed by atoms with van der Waals surface area (Å²) < 4.78 is 38.3. The summed E-state index contributed by atoms with van der Waals surface area (Å²) >= 11 is 0. The van der Waals surface area contributed by atoms with Gasteiger partial charge in [0.15, 0.2) is 11.6 Å². The maximum Gasteiger partial charge on any atom is 0.233 e. The van der Waals surface area contributed by atoms with Crippen molar-refractivity contribution in [3.05, 3.63) is 96.3 Å². The smallest absolute Gasteiger partial charge is 0.233 e. The number of aromatic nitrogens is 2. The summed E-state index contributed by atoms with van der Waals surface area (Å²) in [4.78, 5) is 32.3. The van der Waals surface area contributed by atoms with Crippen LogP contribution in [-0.4, -0.2) is 28.9 Å². The fourth-order valence-corrected chi connectivity index (χ4v) is 3.29. The normalized spacial score (nSPS) is 10.4. The number of methoxy groups -OCH3 is 1. The lowest BCUT2D eigenvalue weighted by Crippen LogP contribution is -2.21. The Kier molecular flexibility index (Phi) is 8.39. The number of carbonyl (C=O) groups is 2. The molecule has 4 rings (SSSR count). The number of hydrogen-bond donors (Lipinski definition) is 3. The van der Waals surface area contributed by atoms with Crippen molar-refractivity contribution in [3.63, 3.8) is 0 Å². The molecule has 0 saturated carbocycles. The molecule has 0 aliphatic carbocycles. The number of halogens is 2. The molecule has 9 nitrogen and oxygen atoms in total. The van der Waals surface area contributed by atoms with E-state index in [1.165, 1.54) is 48.8 Å². The highest BCUT2D eigenvalue weighted by atomic mass is 19.1. The summed E-state index contributed by atoms with van der Waals surface area (Å²) in [7, 11) is 1.60. The van der Waals surface area contributed by atoms with Gasteiger partial charge in [-0.2, -0.15) is 0 Å². The van der Waals surface area contributed by atoms with Gasteiger partial charge in [-0.05, 0) is 54.1 Å². The average Bonchev–Trinajstić information content (AvgIpc) is 2.91. The minimum Gasteiger partial charge on any atom is -0.497 e. The van der Waals surface area contributed by atoms with E-state index in [2.05, 4.69) is 25.9 Å². The van der Waals surface area contributed by atoms with Crippen molar-refractivity contribution in [1.29, 1.82) is 0 Å². The first-order chi connectivity index (χ1) is 18.4. The van der Waals surface area contributed by atoms with E-state index >= 15 is 0 Å². The predicted molar refractivity (Wildman–Crippen MR) is 137 cm³/mol. The number of amides is 2. The Morgan fingerprint density at radius 3 is 2.21 bits per heavy atom. The molecule has 0 bridgehead atoms. The van der Waals surface area contributed by atoms with Crippen LogP contribution in [0.5, 0.6) is 17.4 Å². The molecule has 0 unspecified atom stereocenters. The van der Waals surface area contributed by atoms with E-state index in [1.54, 1.807) is 7.11 Å². The lowest BCUT2D eigenvalue weighted by molar-refractivity contribution is -0.123. The van der Waals surface area contributed by atoms with Gasteiger partial charge in [-0.25, -0.2) is 18.7 Å². The molecule has 0 saturated heterocycles. The van der Waals surface area contributed by atoms with Gasteiger partial charge in [0, 0.05) is 30.1 Å². The molecule has 2 amide bonds. The third-order valence-electron chi connectivity index (χ3n) is 5.15. The molecule has 0 fully saturated rings. The van der Waals surface area contributed by atoms with E-state index in [0.717, 1.165) is 17.4 Å². The topological polar surface area (TPSA) is 114 Å². The van der Waals surface area contributed by atoms with Crippen LogP contribution in [0.4, 0.5) is 26.0 Å². The van der Waals surface area contributed by atoms with Gasteiger partial charge in [-0.1, -0.05) is 12.1 Å². The lowest BCUT2D eigenvalue weighted by atomic mass is 10.2. The summed E-state index contributed by atoms with van der Waals surface area (Å²) in [5.74, 6) is -1.21. The average molecular weight is 520 g/mol. The highest BCUT2D eigenvalue weighted by Gasteiger charge is 2.13. The zero-order valence-electron chi connectivity index (χ0n) is 20.2. The van der Waals surface area contributed by atoms with E-state index in [0.29, 0.717) is 18.1 Å². The van der Waals surface area contributed by atoms with Crippen molar-refractivity contribution >= 4 is 29.0 Å². The third kappa shape index (κ3) is 7.47. The zero-order valence-corrected chi connectivity index (χ0v) is 20.2. The number of ether oxygens (including phenoxy) is 2. The lowest BCUT2D eigenvalue weighted by Gasteiger charge is -2.10. The van der Waals surface area contributed by atoms with E-state index in [1.807, 2.05) is 24.3 Å². The second kappa shape index (κ2) is 12.3. The minimum absolute atomic E-state index is 0.114. The summed E-state index contributed by atoms with van der Waals surface area (Å²) in [5, 5.41) is 8.07. The maximum absolute atomic E-state index is 14.6. The standard InChI is InChI=1S/C27H23F2N5O4/c1-37-21-9-2-17(3-10-21)15-30-24-13-27(32-16-31-24)38-23-11-8-20(12-22(23)29)34-26(36)14-25(35)33-19-6-4-18(28)5-7-19/h2-13,16H,14-15H2,1H3,(H,33,35)(H,34,36)(H,30,31,32). The van der Waals surface area contributed by atoms with Crippen LogP contribution >= 0.6 is 0 Å². The van der Waals surface area contributed by atoms with E-state index in [9.17, 15) is 18.4 Å². The predicted octanol–water partition coefficient (Wildman–Crippen LogP) is 5.14. The first kappa shape index (κ1) is 26.0. The van der Waals surface area contributed by atoms with Gasteiger partial charge in [-0.15, -0.1) is 0 Å². The Morgan fingerprint density at radius 2 is 1.53 bits per heavy atom. The molecule has 0 aliphatic heterocycles. The van der Waals surface area contributed by atoms with Crippen molar-refractivity contribution in [1.82, 2.24) is 9.97 Å². The van der Waals surface area contributed by atoms with Crippen LogP contribution in [-0.2, 0) is 16.1 Å². The quantitative estimate of drug-likeness (QED) is 0.249. The number of nitrogens with one attached hydrogen (secondary N) is 3. The van der Waals surface area contributed by atoms with Crippen LogP contribution in [0.3, 0.4) is 0 Å². The van der Waals surface area contributed by atoms with Gasteiger partial charge in [-0.3, -0.25) is 9.59 Å². The molecule has 4 aromatic rings. The number of benzene rings is 3. The Bertz CT molecular complexity index is 1420.